The smallest absolute Gasteiger partial charge is 0.339 e. The highest BCUT2D eigenvalue weighted by Gasteiger charge is 2.32. The van der Waals surface area contributed by atoms with Gasteiger partial charge in [-0.05, 0) is 13.0 Å². The lowest BCUT2D eigenvalue weighted by molar-refractivity contribution is -0.162. The molecule has 0 aliphatic heterocycles. The number of hydrogen-bond acceptors (Lipinski definition) is 5. The van der Waals surface area contributed by atoms with E-state index < -0.39 is 11.6 Å². The number of nitrogens with one attached hydrogen (secondary N) is 1. The predicted octanol–water partition coefficient (Wildman–Crippen LogP) is -0.833. The Kier molecular flexibility index (Phi) is 3.84. The zero-order chi connectivity index (χ0) is 13.1. The van der Waals surface area contributed by atoms with Crippen LogP contribution in [0.4, 0.5) is 0 Å². The first kappa shape index (κ1) is 13.2. The van der Waals surface area contributed by atoms with Crippen LogP contribution in [0.1, 0.15) is 17.4 Å². The Morgan fingerprint density at radius 3 is 2.82 bits per heavy atom. The molecule has 0 bridgehead atoms. The van der Waals surface area contributed by atoms with Crippen molar-refractivity contribution in [3.8, 4) is 0 Å². The molecule has 0 saturated carbocycles. The van der Waals surface area contributed by atoms with Gasteiger partial charge in [-0.1, -0.05) is 0 Å². The lowest BCUT2D eigenvalue weighted by Crippen LogP contribution is -2.40. The second-order valence-electron chi connectivity index (χ2n) is 3.74. The lowest BCUT2D eigenvalue weighted by atomic mass is 10.1. The van der Waals surface area contributed by atoms with Crippen molar-refractivity contribution in [1.29, 1.82) is 0 Å². The Balaban J connectivity index is 2.79. The van der Waals surface area contributed by atoms with Crippen LogP contribution in [0.3, 0.4) is 0 Å². The highest BCUT2D eigenvalue weighted by Crippen LogP contribution is 2.09. The molecule has 0 saturated heterocycles. The van der Waals surface area contributed by atoms with E-state index in [0.29, 0.717) is 0 Å². The fraction of sp³-hybridized carbons (Fsp3) is 0.500. The third-order valence-electron chi connectivity index (χ3n) is 2.20. The highest BCUT2D eigenvalue weighted by atomic mass is 16.5. The number of carbonyl (C=O) groups excluding carboxylic acids is 2. The van der Waals surface area contributed by atoms with Crippen molar-refractivity contribution in [2.75, 3.05) is 14.2 Å². The Hall–Kier alpha value is -1.89. The molecule has 1 heterocycles. The number of carbonyl (C=O) groups is 2. The van der Waals surface area contributed by atoms with Gasteiger partial charge < -0.3 is 15.2 Å². The van der Waals surface area contributed by atoms with E-state index in [1.165, 1.54) is 38.0 Å². The number of aliphatic hydroxyl groups is 1. The largest absolute Gasteiger partial charge is 0.467 e. The van der Waals surface area contributed by atoms with Gasteiger partial charge in [0.15, 0.2) is 5.60 Å². The summed E-state index contributed by atoms with van der Waals surface area (Å²) in [6.45, 7) is 1.23. The number of rotatable bonds is 4. The number of hydrogen-bond donors (Lipinski definition) is 2. The maximum absolute atomic E-state index is 11.2. The van der Waals surface area contributed by atoms with Crippen LogP contribution in [-0.4, -0.2) is 46.5 Å². The Bertz CT molecular complexity index is 425. The normalized spacial score (nSPS) is 13.9. The van der Waals surface area contributed by atoms with Gasteiger partial charge in [-0.25, -0.2) is 4.79 Å². The average molecular weight is 241 g/mol. The van der Waals surface area contributed by atoms with E-state index in [0.717, 1.165) is 0 Å². The summed E-state index contributed by atoms with van der Waals surface area (Å²) >= 11 is 0. The monoisotopic (exact) mass is 241 g/mol. The fourth-order valence-corrected chi connectivity index (χ4v) is 1.30. The lowest BCUT2D eigenvalue weighted by Gasteiger charge is -2.19. The first-order valence-corrected chi connectivity index (χ1v) is 4.97. The minimum absolute atomic E-state index is 0.0866. The fourth-order valence-electron chi connectivity index (χ4n) is 1.30. The molecule has 1 aromatic heterocycles. The summed E-state index contributed by atoms with van der Waals surface area (Å²) in [5, 5.41) is 16.1. The molecule has 1 amide bonds. The van der Waals surface area contributed by atoms with Crippen LogP contribution >= 0.6 is 0 Å². The zero-order valence-corrected chi connectivity index (χ0v) is 9.93. The minimum Gasteiger partial charge on any atom is -0.467 e. The SMILES string of the molecule is CNC(=O)c1ccn(CC(C)(O)C(=O)OC)n1. The van der Waals surface area contributed by atoms with Crippen molar-refractivity contribution in [3.05, 3.63) is 18.0 Å². The van der Waals surface area contributed by atoms with Gasteiger partial charge in [0.1, 0.15) is 5.69 Å². The first-order valence-electron chi connectivity index (χ1n) is 4.97. The summed E-state index contributed by atoms with van der Waals surface area (Å²) in [5.41, 5.74) is -1.46. The molecular formula is C10H15N3O4. The zero-order valence-electron chi connectivity index (χ0n) is 9.93. The van der Waals surface area contributed by atoms with Crippen molar-refractivity contribution >= 4 is 11.9 Å². The van der Waals surface area contributed by atoms with Crippen LogP contribution in [-0.2, 0) is 16.1 Å². The van der Waals surface area contributed by atoms with Gasteiger partial charge >= 0.3 is 5.97 Å². The summed E-state index contributed by atoms with van der Waals surface area (Å²) < 4.78 is 5.76. The molecule has 2 N–H and O–H groups in total. The van der Waals surface area contributed by atoms with Crippen molar-refractivity contribution in [2.24, 2.45) is 0 Å². The van der Waals surface area contributed by atoms with Crippen LogP contribution in [0, 0.1) is 0 Å². The second kappa shape index (κ2) is 4.96. The summed E-state index contributed by atoms with van der Waals surface area (Å²) in [6.07, 6.45) is 1.50. The van der Waals surface area contributed by atoms with Crippen molar-refractivity contribution < 1.29 is 19.4 Å². The van der Waals surface area contributed by atoms with E-state index in [2.05, 4.69) is 15.2 Å². The standard InChI is InChI=1S/C10H15N3O4/c1-10(16,9(15)17-3)6-13-5-4-7(12-13)8(14)11-2/h4-5,16H,6H2,1-3H3,(H,11,14). The number of esters is 1. The van der Waals surface area contributed by atoms with Crippen molar-refractivity contribution in [1.82, 2.24) is 15.1 Å². The molecular weight excluding hydrogens is 226 g/mol. The van der Waals surface area contributed by atoms with Gasteiger partial charge in [0, 0.05) is 13.2 Å². The quantitative estimate of drug-likeness (QED) is 0.671. The molecule has 1 unspecified atom stereocenters. The topological polar surface area (TPSA) is 93.5 Å². The number of methoxy groups -OCH3 is 1. The maximum Gasteiger partial charge on any atom is 0.339 e. The van der Waals surface area contributed by atoms with E-state index in [9.17, 15) is 14.7 Å². The molecule has 0 radical (unpaired) electrons. The summed E-state index contributed by atoms with van der Waals surface area (Å²) in [6, 6.07) is 1.49. The Labute approximate surface area is 98.4 Å². The van der Waals surface area contributed by atoms with Crippen LogP contribution in [0.15, 0.2) is 12.3 Å². The van der Waals surface area contributed by atoms with E-state index in [4.69, 9.17) is 0 Å². The summed E-state index contributed by atoms with van der Waals surface area (Å²) in [4.78, 5) is 22.5. The van der Waals surface area contributed by atoms with Gasteiger partial charge in [-0.2, -0.15) is 5.10 Å². The number of ether oxygens (including phenoxy) is 1. The van der Waals surface area contributed by atoms with E-state index in [-0.39, 0.29) is 18.1 Å². The summed E-state index contributed by atoms with van der Waals surface area (Å²) in [5.74, 6) is -1.09. The van der Waals surface area contributed by atoms with Crippen LogP contribution in [0.25, 0.3) is 0 Å². The molecule has 7 nitrogen and oxygen atoms in total. The first-order chi connectivity index (χ1) is 7.90. The van der Waals surface area contributed by atoms with Crippen molar-refractivity contribution in [3.63, 3.8) is 0 Å². The minimum atomic E-state index is -1.68. The molecule has 0 fully saturated rings. The van der Waals surface area contributed by atoms with Gasteiger partial charge in [0.25, 0.3) is 5.91 Å². The second-order valence-corrected chi connectivity index (χ2v) is 3.74. The van der Waals surface area contributed by atoms with Crippen LogP contribution in [0.5, 0.6) is 0 Å². The Morgan fingerprint density at radius 2 is 2.29 bits per heavy atom. The molecule has 1 aromatic rings. The molecule has 0 aliphatic rings. The molecule has 17 heavy (non-hydrogen) atoms. The van der Waals surface area contributed by atoms with E-state index in [1.807, 2.05) is 0 Å². The Morgan fingerprint density at radius 1 is 1.65 bits per heavy atom. The molecule has 1 rings (SSSR count). The van der Waals surface area contributed by atoms with Gasteiger partial charge in [-0.3, -0.25) is 9.48 Å². The van der Waals surface area contributed by atoms with Gasteiger partial charge in [0.05, 0.1) is 13.7 Å². The average Bonchev–Trinajstić information content (AvgIpc) is 2.74. The molecule has 0 aliphatic carbocycles. The number of amides is 1. The van der Waals surface area contributed by atoms with Gasteiger partial charge in [0.2, 0.25) is 0 Å². The summed E-state index contributed by atoms with van der Waals surface area (Å²) in [7, 11) is 2.68. The maximum atomic E-state index is 11.2. The van der Waals surface area contributed by atoms with Crippen molar-refractivity contribution in [2.45, 2.75) is 19.1 Å². The third kappa shape index (κ3) is 3.04. The highest BCUT2D eigenvalue weighted by molar-refractivity contribution is 5.91. The van der Waals surface area contributed by atoms with E-state index >= 15 is 0 Å². The molecule has 0 aromatic carbocycles. The van der Waals surface area contributed by atoms with E-state index in [1.54, 1.807) is 0 Å². The van der Waals surface area contributed by atoms with Gasteiger partial charge in [-0.15, -0.1) is 0 Å². The van der Waals surface area contributed by atoms with Crippen LogP contribution in [0.2, 0.25) is 0 Å². The molecule has 7 heteroatoms. The third-order valence-corrected chi connectivity index (χ3v) is 2.20. The molecule has 94 valence electrons. The number of nitrogens with zero attached hydrogens (tertiary/aromatic N) is 2. The molecule has 0 spiro atoms. The molecule has 1 atom stereocenters. The number of aromatic nitrogens is 2. The van der Waals surface area contributed by atoms with Crippen LogP contribution < -0.4 is 5.32 Å². The predicted molar refractivity (Wildman–Crippen MR) is 58.3 cm³/mol.